The number of ketones is 1. The number of likely N-dealkylation sites (tertiary alicyclic amines) is 1. The van der Waals surface area contributed by atoms with E-state index in [1.54, 1.807) is 18.2 Å². The van der Waals surface area contributed by atoms with Crippen LogP contribution in [0.2, 0.25) is 0 Å². The fraction of sp³-hybridized carbons (Fsp3) is 0.368. The lowest BCUT2D eigenvalue weighted by Gasteiger charge is -2.57. The van der Waals surface area contributed by atoms with Crippen molar-refractivity contribution in [1.82, 2.24) is 14.9 Å². The van der Waals surface area contributed by atoms with E-state index in [0.29, 0.717) is 11.1 Å². The number of pyridine rings is 2. The molecular formula is C19H19FN4O2. The zero-order valence-electron chi connectivity index (χ0n) is 14.4. The molecule has 0 bridgehead atoms. The summed E-state index contributed by atoms with van der Waals surface area (Å²) < 4.78 is 13.6. The summed E-state index contributed by atoms with van der Waals surface area (Å²) in [6.07, 6.45) is 3.14. The fourth-order valence-corrected chi connectivity index (χ4v) is 4.11. The molecule has 0 unspecified atom stereocenters. The van der Waals surface area contributed by atoms with Crippen molar-refractivity contribution in [3.63, 3.8) is 0 Å². The van der Waals surface area contributed by atoms with E-state index in [1.165, 1.54) is 18.3 Å². The molecule has 2 aliphatic rings. The summed E-state index contributed by atoms with van der Waals surface area (Å²) >= 11 is 0. The summed E-state index contributed by atoms with van der Waals surface area (Å²) in [5, 5.41) is 2.50. The number of rotatable bonds is 4. The van der Waals surface area contributed by atoms with Crippen molar-refractivity contribution in [2.45, 2.75) is 12.8 Å². The number of hydrogen-bond acceptors (Lipinski definition) is 5. The fourth-order valence-electron chi connectivity index (χ4n) is 4.11. The van der Waals surface area contributed by atoms with Gasteiger partial charge in [0.25, 0.3) is 5.91 Å². The number of amides is 1. The van der Waals surface area contributed by atoms with Crippen LogP contribution < -0.4 is 5.32 Å². The van der Waals surface area contributed by atoms with Gasteiger partial charge in [-0.05, 0) is 49.6 Å². The second-order valence-corrected chi connectivity index (χ2v) is 7.34. The Hall–Kier alpha value is -2.67. The quantitative estimate of drug-likeness (QED) is 0.854. The second-order valence-electron chi connectivity index (χ2n) is 7.34. The lowest BCUT2D eigenvalue weighted by Crippen LogP contribution is -2.61. The highest BCUT2D eigenvalue weighted by molar-refractivity contribution is 6.03. The number of nitrogens with zero attached hydrogens (tertiary/aromatic N) is 3. The summed E-state index contributed by atoms with van der Waals surface area (Å²) in [6, 6.07) is 7.46. The van der Waals surface area contributed by atoms with E-state index in [0.717, 1.165) is 25.9 Å². The zero-order valence-corrected chi connectivity index (χ0v) is 14.4. The number of carbonyl (C=O) groups excluding carboxylic acids is 2. The highest BCUT2D eigenvalue weighted by Crippen LogP contribution is 2.52. The number of nitrogens with one attached hydrogen (secondary N) is 1. The summed E-state index contributed by atoms with van der Waals surface area (Å²) in [6.45, 7) is 2.10. The van der Waals surface area contributed by atoms with Crippen molar-refractivity contribution >= 4 is 17.5 Å². The van der Waals surface area contributed by atoms with Gasteiger partial charge in [0.05, 0.1) is 0 Å². The van der Waals surface area contributed by atoms with Gasteiger partial charge in [0.1, 0.15) is 11.5 Å². The van der Waals surface area contributed by atoms with Crippen LogP contribution in [0.5, 0.6) is 0 Å². The van der Waals surface area contributed by atoms with E-state index >= 15 is 0 Å². The van der Waals surface area contributed by atoms with E-state index < -0.39 is 11.7 Å². The van der Waals surface area contributed by atoms with Crippen molar-refractivity contribution < 1.29 is 14.0 Å². The summed E-state index contributed by atoms with van der Waals surface area (Å²) in [7, 11) is 2.08. The van der Waals surface area contributed by atoms with Crippen LogP contribution in [0.4, 0.5) is 10.2 Å². The Morgan fingerprint density at radius 2 is 2.00 bits per heavy atom. The maximum Gasteiger partial charge on any atom is 0.278 e. The van der Waals surface area contributed by atoms with E-state index in [1.807, 2.05) is 0 Å². The molecule has 26 heavy (non-hydrogen) atoms. The van der Waals surface area contributed by atoms with Gasteiger partial charge in [0.15, 0.2) is 17.3 Å². The molecule has 6 nitrogen and oxygen atoms in total. The van der Waals surface area contributed by atoms with Gasteiger partial charge in [0, 0.05) is 25.2 Å². The molecule has 0 aromatic carbocycles. The van der Waals surface area contributed by atoms with Crippen LogP contribution in [0.3, 0.4) is 0 Å². The van der Waals surface area contributed by atoms with Crippen LogP contribution >= 0.6 is 0 Å². The maximum absolute atomic E-state index is 13.6. The van der Waals surface area contributed by atoms with Crippen molar-refractivity contribution in [3.05, 3.63) is 53.7 Å². The van der Waals surface area contributed by atoms with Crippen LogP contribution in [-0.4, -0.2) is 46.7 Å². The largest absolute Gasteiger partial charge is 0.305 e. The first-order chi connectivity index (χ1) is 12.5. The average molecular weight is 354 g/mol. The summed E-state index contributed by atoms with van der Waals surface area (Å²) in [5.41, 5.74) is 0.343. The van der Waals surface area contributed by atoms with E-state index in [9.17, 15) is 14.0 Å². The Kier molecular flexibility index (Phi) is 4.03. The normalized spacial score (nSPS) is 18.8. The molecule has 0 radical (unpaired) electrons. The molecular weight excluding hydrogens is 335 g/mol. The summed E-state index contributed by atoms with van der Waals surface area (Å²) in [4.78, 5) is 35.0. The first-order valence-electron chi connectivity index (χ1n) is 8.57. The molecule has 1 amide bonds. The van der Waals surface area contributed by atoms with Gasteiger partial charge in [-0.2, -0.15) is 0 Å². The monoisotopic (exact) mass is 354 g/mol. The van der Waals surface area contributed by atoms with E-state index in [2.05, 4.69) is 27.2 Å². The minimum Gasteiger partial charge on any atom is -0.305 e. The van der Waals surface area contributed by atoms with Gasteiger partial charge >= 0.3 is 0 Å². The number of aromatic nitrogens is 2. The number of halogens is 1. The predicted molar refractivity (Wildman–Crippen MR) is 93.4 cm³/mol. The molecule has 0 atom stereocenters. The molecule has 3 heterocycles. The van der Waals surface area contributed by atoms with Crippen LogP contribution in [0.15, 0.2) is 36.5 Å². The van der Waals surface area contributed by atoms with Gasteiger partial charge in [-0.15, -0.1) is 0 Å². The van der Waals surface area contributed by atoms with Crippen LogP contribution in [0.1, 0.15) is 33.8 Å². The zero-order chi connectivity index (χ0) is 18.3. The SMILES string of the molecule is CN1CC2(CC(C(=O)c3cccc(NC(=O)c4ncccc4F)n3)C2)C1. The van der Waals surface area contributed by atoms with Gasteiger partial charge in [-0.3, -0.25) is 9.59 Å². The topological polar surface area (TPSA) is 75.2 Å². The Bertz CT molecular complexity index is 871. The van der Waals surface area contributed by atoms with Crippen LogP contribution in [0.25, 0.3) is 0 Å². The van der Waals surface area contributed by atoms with Gasteiger partial charge < -0.3 is 10.2 Å². The van der Waals surface area contributed by atoms with Crippen molar-refractivity contribution in [1.29, 1.82) is 0 Å². The third kappa shape index (κ3) is 2.99. The van der Waals surface area contributed by atoms with E-state index in [-0.39, 0.29) is 23.2 Å². The number of anilines is 1. The molecule has 1 N–H and O–H groups in total. The molecule has 7 heteroatoms. The first-order valence-corrected chi connectivity index (χ1v) is 8.57. The Balaban J connectivity index is 1.43. The van der Waals surface area contributed by atoms with Crippen molar-refractivity contribution in [3.8, 4) is 0 Å². The van der Waals surface area contributed by atoms with Gasteiger partial charge in [-0.25, -0.2) is 14.4 Å². The Morgan fingerprint density at radius 3 is 2.69 bits per heavy atom. The minimum absolute atomic E-state index is 0.00427. The van der Waals surface area contributed by atoms with Gasteiger partial charge in [0.2, 0.25) is 0 Å². The number of carbonyl (C=O) groups is 2. The molecule has 2 aromatic heterocycles. The summed E-state index contributed by atoms with van der Waals surface area (Å²) in [5.74, 6) is -1.19. The standard InChI is InChI=1S/C19H19FN4O2/c1-24-10-19(11-24)8-12(9-19)17(25)14-5-2-6-15(22-14)23-18(26)16-13(20)4-3-7-21-16/h2-7,12H,8-11H2,1H3,(H,22,23,26). The number of Topliss-reactive ketones (excluding diaryl/α,β-unsaturated/α-hetero) is 1. The maximum atomic E-state index is 13.6. The molecule has 1 saturated carbocycles. The predicted octanol–water partition coefficient (Wildman–Crippen LogP) is 2.39. The molecule has 134 valence electrons. The average Bonchev–Trinajstić information content (AvgIpc) is 2.57. The van der Waals surface area contributed by atoms with Crippen LogP contribution in [0, 0.1) is 17.2 Å². The molecule has 2 aromatic rings. The molecule has 1 aliphatic heterocycles. The third-order valence-corrected chi connectivity index (χ3v) is 5.16. The molecule has 2 fully saturated rings. The Labute approximate surface area is 150 Å². The second kappa shape index (κ2) is 6.25. The molecule has 4 rings (SSSR count). The first kappa shape index (κ1) is 16.8. The lowest BCUT2D eigenvalue weighted by atomic mass is 9.56. The van der Waals surface area contributed by atoms with Crippen LogP contribution in [-0.2, 0) is 0 Å². The highest BCUT2D eigenvalue weighted by Gasteiger charge is 2.53. The van der Waals surface area contributed by atoms with E-state index in [4.69, 9.17) is 0 Å². The lowest BCUT2D eigenvalue weighted by molar-refractivity contribution is -0.0708. The third-order valence-electron chi connectivity index (χ3n) is 5.16. The molecule has 1 saturated heterocycles. The smallest absolute Gasteiger partial charge is 0.278 e. The molecule has 1 aliphatic carbocycles. The van der Waals surface area contributed by atoms with Gasteiger partial charge in [-0.1, -0.05) is 6.07 Å². The minimum atomic E-state index is -0.706. The molecule has 1 spiro atoms. The number of hydrogen-bond donors (Lipinski definition) is 1. The van der Waals surface area contributed by atoms with Crippen molar-refractivity contribution in [2.75, 3.05) is 25.5 Å². The highest BCUT2D eigenvalue weighted by atomic mass is 19.1. The van der Waals surface area contributed by atoms with Crippen molar-refractivity contribution in [2.24, 2.45) is 11.3 Å². The Morgan fingerprint density at radius 1 is 1.23 bits per heavy atom.